The predicted octanol–water partition coefficient (Wildman–Crippen LogP) is 2.23. The average molecular weight is 345 g/mol. The molecule has 1 unspecified atom stereocenters. The normalized spacial score (nSPS) is 16.8. The Labute approximate surface area is 151 Å². The number of hydrogen-bond acceptors (Lipinski definition) is 3. The topological polar surface area (TPSA) is 52.7 Å². The summed E-state index contributed by atoms with van der Waals surface area (Å²) in [7, 11) is 0. The van der Waals surface area contributed by atoms with E-state index in [2.05, 4.69) is 41.4 Å². The number of nitrogens with zero attached hydrogens (tertiary/aromatic N) is 2. The van der Waals surface area contributed by atoms with Gasteiger partial charge in [-0.3, -0.25) is 14.5 Å². The summed E-state index contributed by atoms with van der Waals surface area (Å²) >= 11 is 0. The van der Waals surface area contributed by atoms with Gasteiger partial charge in [-0.15, -0.1) is 0 Å². The van der Waals surface area contributed by atoms with Gasteiger partial charge in [0.05, 0.1) is 12.6 Å². The fourth-order valence-electron chi connectivity index (χ4n) is 3.11. The van der Waals surface area contributed by atoms with Crippen molar-refractivity contribution in [1.82, 2.24) is 15.1 Å². The molecule has 1 aromatic rings. The van der Waals surface area contributed by atoms with E-state index >= 15 is 0 Å². The third-order valence-corrected chi connectivity index (χ3v) is 4.81. The van der Waals surface area contributed by atoms with Crippen molar-refractivity contribution in [2.75, 3.05) is 32.7 Å². The minimum Gasteiger partial charge on any atom is -0.348 e. The molecule has 2 rings (SSSR count). The molecule has 2 amide bonds. The minimum absolute atomic E-state index is 0.00205. The zero-order chi connectivity index (χ0) is 18.4. The Kier molecular flexibility index (Phi) is 7.00. The standard InChI is InChI=1S/C20H31N3O2/c1-5-17-6-8-18(9-7-17)16(4)21-19(24)14-22-10-12-23(13-11-22)20(25)15(2)3/h6-9,15-16H,5,10-14H2,1-4H3,(H,21,24). The Balaban J connectivity index is 1.77. The van der Waals surface area contributed by atoms with E-state index in [0.29, 0.717) is 19.6 Å². The molecule has 1 heterocycles. The molecule has 1 fully saturated rings. The second kappa shape index (κ2) is 8.99. The first-order valence-corrected chi connectivity index (χ1v) is 9.30. The van der Waals surface area contributed by atoms with Crippen molar-refractivity contribution in [3.63, 3.8) is 0 Å². The van der Waals surface area contributed by atoms with Crippen molar-refractivity contribution in [2.45, 2.75) is 40.2 Å². The van der Waals surface area contributed by atoms with Gasteiger partial charge in [0.2, 0.25) is 11.8 Å². The van der Waals surface area contributed by atoms with E-state index < -0.39 is 0 Å². The van der Waals surface area contributed by atoms with Crippen molar-refractivity contribution < 1.29 is 9.59 Å². The maximum atomic E-state index is 12.3. The van der Waals surface area contributed by atoms with E-state index in [-0.39, 0.29) is 23.8 Å². The molecule has 0 spiro atoms. The molecule has 0 aromatic heterocycles. The second-order valence-electron chi connectivity index (χ2n) is 7.14. The molecule has 5 nitrogen and oxygen atoms in total. The monoisotopic (exact) mass is 345 g/mol. The van der Waals surface area contributed by atoms with Gasteiger partial charge in [0, 0.05) is 32.1 Å². The van der Waals surface area contributed by atoms with Crippen LogP contribution in [0.3, 0.4) is 0 Å². The Bertz CT molecular complexity index is 575. The van der Waals surface area contributed by atoms with Crippen LogP contribution in [0.5, 0.6) is 0 Å². The van der Waals surface area contributed by atoms with Crippen LogP contribution in [0.2, 0.25) is 0 Å². The number of aryl methyl sites for hydroxylation is 1. The summed E-state index contributed by atoms with van der Waals surface area (Å²) < 4.78 is 0. The number of nitrogens with one attached hydrogen (secondary N) is 1. The minimum atomic E-state index is 0.00205. The Morgan fingerprint density at radius 3 is 2.16 bits per heavy atom. The lowest BCUT2D eigenvalue weighted by Crippen LogP contribution is -2.52. The third kappa shape index (κ3) is 5.56. The maximum absolute atomic E-state index is 12.3. The maximum Gasteiger partial charge on any atom is 0.234 e. The van der Waals surface area contributed by atoms with Crippen molar-refractivity contribution in [3.05, 3.63) is 35.4 Å². The third-order valence-electron chi connectivity index (χ3n) is 4.81. The lowest BCUT2D eigenvalue weighted by atomic mass is 10.0. The summed E-state index contributed by atoms with van der Waals surface area (Å²) in [6, 6.07) is 8.40. The molecule has 1 aliphatic rings. The largest absolute Gasteiger partial charge is 0.348 e. The summed E-state index contributed by atoms with van der Waals surface area (Å²) in [5.74, 6) is 0.277. The smallest absolute Gasteiger partial charge is 0.234 e. The SMILES string of the molecule is CCc1ccc(C(C)NC(=O)CN2CCN(C(=O)C(C)C)CC2)cc1. The van der Waals surface area contributed by atoms with Crippen LogP contribution in [-0.4, -0.2) is 54.3 Å². The van der Waals surface area contributed by atoms with Gasteiger partial charge in [-0.05, 0) is 24.5 Å². The number of hydrogen-bond donors (Lipinski definition) is 1. The van der Waals surface area contributed by atoms with Crippen molar-refractivity contribution >= 4 is 11.8 Å². The first kappa shape index (κ1) is 19.4. The number of carbonyl (C=O) groups is 2. The van der Waals surface area contributed by atoms with E-state index in [1.807, 2.05) is 25.7 Å². The van der Waals surface area contributed by atoms with Crippen LogP contribution in [-0.2, 0) is 16.0 Å². The van der Waals surface area contributed by atoms with Gasteiger partial charge in [-0.25, -0.2) is 0 Å². The molecular weight excluding hydrogens is 314 g/mol. The van der Waals surface area contributed by atoms with E-state index in [0.717, 1.165) is 25.1 Å². The zero-order valence-electron chi connectivity index (χ0n) is 15.9. The van der Waals surface area contributed by atoms with Crippen LogP contribution >= 0.6 is 0 Å². The average Bonchev–Trinajstić information content (AvgIpc) is 2.61. The van der Waals surface area contributed by atoms with Crippen LogP contribution < -0.4 is 5.32 Å². The highest BCUT2D eigenvalue weighted by atomic mass is 16.2. The first-order chi connectivity index (χ1) is 11.9. The Morgan fingerprint density at radius 2 is 1.64 bits per heavy atom. The molecule has 1 saturated heterocycles. The summed E-state index contributed by atoms with van der Waals surface area (Å²) in [6.45, 7) is 11.3. The van der Waals surface area contributed by atoms with Gasteiger partial charge >= 0.3 is 0 Å². The highest BCUT2D eigenvalue weighted by Crippen LogP contribution is 2.14. The van der Waals surface area contributed by atoms with Crippen LogP contribution in [0.1, 0.15) is 44.9 Å². The zero-order valence-corrected chi connectivity index (χ0v) is 15.9. The van der Waals surface area contributed by atoms with Crippen LogP contribution in [0.25, 0.3) is 0 Å². The molecule has 25 heavy (non-hydrogen) atoms. The highest BCUT2D eigenvalue weighted by molar-refractivity contribution is 5.79. The molecule has 1 atom stereocenters. The Hall–Kier alpha value is -1.88. The van der Waals surface area contributed by atoms with Crippen molar-refractivity contribution in [1.29, 1.82) is 0 Å². The van der Waals surface area contributed by atoms with Gasteiger partial charge < -0.3 is 10.2 Å². The number of rotatable bonds is 6. The van der Waals surface area contributed by atoms with Crippen LogP contribution in [0.4, 0.5) is 0 Å². The quantitative estimate of drug-likeness (QED) is 0.860. The number of piperazine rings is 1. The van der Waals surface area contributed by atoms with Crippen LogP contribution in [0, 0.1) is 5.92 Å². The molecular formula is C20H31N3O2. The first-order valence-electron chi connectivity index (χ1n) is 9.30. The molecule has 1 N–H and O–H groups in total. The molecule has 0 radical (unpaired) electrons. The molecule has 138 valence electrons. The summed E-state index contributed by atoms with van der Waals surface area (Å²) in [5.41, 5.74) is 2.42. The van der Waals surface area contributed by atoms with E-state index in [1.165, 1.54) is 5.56 Å². The fourth-order valence-corrected chi connectivity index (χ4v) is 3.11. The molecule has 0 aliphatic carbocycles. The van der Waals surface area contributed by atoms with Crippen molar-refractivity contribution in [2.24, 2.45) is 5.92 Å². The lowest BCUT2D eigenvalue weighted by Gasteiger charge is -2.35. The van der Waals surface area contributed by atoms with Crippen molar-refractivity contribution in [3.8, 4) is 0 Å². The van der Waals surface area contributed by atoms with E-state index in [4.69, 9.17) is 0 Å². The fraction of sp³-hybridized carbons (Fsp3) is 0.600. The second-order valence-corrected chi connectivity index (χ2v) is 7.14. The lowest BCUT2D eigenvalue weighted by molar-refractivity contribution is -0.136. The van der Waals surface area contributed by atoms with Gasteiger partial charge in [0.25, 0.3) is 0 Å². The number of carbonyl (C=O) groups excluding carboxylic acids is 2. The van der Waals surface area contributed by atoms with Gasteiger partial charge in [0.1, 0.15) is 0 Å². The van der Waals surface area contributed by atoms with Gasteiger partial charge in [0.15, 0.2) is 0 Å². The molecule has 1 aliphatic heterocycles. The summed E-state index contributed by atoms with van der Waals surface area (Å²) in [4.78, 5) is 28.3. The summed E-state index contributed by atoms with van der Waals surface area (Å²) in [5, 5.41) is 3.07. The predicted molar refractivity (Wildman–Crippen MR) is 100 cm³/mol. The molecule has 0 saturated carbocycles. The summed E-state index contributed by atoms with van der Waals surface area (Å²) in [6.07, 6.45) is 1.02. The molecule has 1 aromatic carbocycles. The molecule has 5 heteroatoms. The van der Waals surface area contributed by atoms with Gasteiger partial charge in [-0.1, -0.05) is 45.0 Å². The highest BCUT2D eigenvalue weighted by Gasteiger charge is 2.24. The van der Waals surface area contributed by atoms with Gasteiger partial charge in [-0.2, -0.15) is 0 Å². The van der Waals surface area contributed by atoms with E-state index in [1.54, 1.807) is 0 Å². The molecule has 0 bridgehead atoms. The number of amides is 2. The number of benzene rings is 1. The Morgan fingerprint density at radius 1 is 1.04 bits per heavy atom. The van der Waals surface area contributed by atoms with Crippen LogP contribution in [0.15, 0.2) is 24.3 Å². The van der Waals surface area contributed by atoms with E-state index in [9.17, 15) is 9.59 Å².